The highest BCUT2D eigenvalue weighted by atomic mass is 32.1. The van der Waals surface area contributed by atoms with Gasteiger partial charge in [0.25, 0.3) is 5.91 Å². The number of ketones is 1. The normalized spacial score (nSPS) is 25.6. The number of thiophene rings is 1. The van der Waals surface area contributed by atoms with Crippen LogP contribution in [0, 0.1) is 5.92 Å². The summed E-state index contributed by atoms with van der Waals surface area (Å²) < 4.78 is 0.963. The lowest BCUT2D eigenvalue weighted by Crippen LogP contribution is -2.68. The smallest absolute Gasteiger partial charge is 0.261 e. The van der Waals surface area contributed by atoms with E-state index in [0.29, 0.717) is 23.5 Å². The van der Waals surface area contributed by atoms with E-state index >= 15 is 0 Å². The number of hydrogen-bond acceptors (Lipinski definition) is 4. The summed E-state index contributed by atoms with van der Waals surface area (Å²) in [5, 5.41) is 17.1. The van der Waals surface area contributed by atoms with Gasteiger partial charge in [-0.15, -0.1) is 11.3 Å². The maximum atomic E-state index is 13.8. The molecular weight excluding hydrogens is 456 g/mol. The maximum absolute atomic E-state index is 13.8. The van der Waals surface area contributed by atoms with Crippen LogP contribution in [0.25, 0.3) is 11.1 Å². The fraction of sp³-hybridized carbons (Fsp3) is 0.379. The average Bonchev–Trinajstić information content (AvgIpc) is 3.52. The summed E-state index contributed by atoms with van der Waals surface area (Å²) in [6.07, 6.45) is 3.60. The highest BCUT2D eigenvalue weighted by Crippen LogP contribution is 2.47. The van der Waals surface area contributed by atoms with E-state index in [0.717, 1.165) is 65.9 Å². The van der Waals surface area contributed by atoms with E-state index in [1.54, 1.807) is 0 Å². The molecule has 6 heteroatoms. The number of aliphatic hydroxyl groups is 1. The van der Waals surface area contributed by atoms with E-state index in [1.165, 1.54) is 11.3 Å². The van der Waals surface area contributed by atoms with Crippen molar-refractivity contribution in [1.29, 1.82) is 0 Å². The lowest BCUT2D eigenvalue weighted by molar-refractivity contribution is -0.944. The van der Waals surface area contributed by atoms with Crippen LogP contribution in [-0.2, 0) is 10.4 Å². The molecule has 3 fully saturated rings. The molecule has 0 unspecified atom stereocenters. The Morgan fingerprint density at radius 3 is 2.26 bits per heavy atom. The zero-order chi connectivity index (χ0) is 24.0. The second-order valence-corrected chi connectivity index (χ2v) is 11.4. The van der Waals surface area contributed by atoms with Crippen LogP contribution in [0.3, 0.4) is 0 Å². The molecule has 4 aliphatic rings. The first kappa shape index (κ1) is 22.7. The Balaban J connectivity index is 1.17. The molecule has 3 aliphatic heterocycles. The molecule has 3 aromatic rings. The number of carbonyl (C=O) groups is 2. The van der Waals surface area contributed by atoms with E-state index < -0.39 is 5.60 Å². The molecule has 0 saturated carbocycles. The highest BCUT2D eigenvalue weighted by Gasteiger charge is 2.51. The van der Waals surface area contributed by atoms with Gasteiger partial charge in [-0.2, -0.15) is 0 Å². The monoisotopic (exact) mass is 487 g/mol. The van der Waals surface area contributed by atoms with Crippen molar-refractivity contribution < 1.29 is 19.2 Å². The van der Waals surface area contributed by atoms with Crippen molar-refractivity contribution in [2.45, 2.75) is 37.3 Å². The number of fused-ring (bicyclic) bond motifs is 6. The van der Waals surface area contributed by atoms with Crippen LogP contribution >= 0.6 is 11.3 Å². The number of carbonyl (C=O) groups excluding carboxylic acids is 2. The second-order valence-electron chi connectivity index (χ2n) is 10.4. The zero-order valence-corrected chi connectivity index (χ0v) is 20.6. The fourth-order valence-electron chi connectivity index (χ4n) is 6.63. The van der Waals surface area contributed by atoms with Crippen molar-refractivity contribution in [3.05, 3.63) is 82.0 Å². The summed E-state index contributed by atoms with van der Waals surface area (Å²) in [5.41, 5.74) is 1.51. The van der Waals surface area contributed by atoms with Crippen molar-refractivity contribution in [2.75, 3.05) is 26.2 Å². The molecule has 35 heavy (non-hydrogen) atoms. The first-order valence-corrected chi connectivity index (χ1v) is 13.5. The van der Waals surface area contributed by atoms with Crippen LogP contribution in [0.2, 0.25) is 0 Å². The Hall–Kier alpha value is -2.80. The molecular formula is C29H31N2O3S+. The van der Waals surface area contributed by atoms with Gasteiger partial charge in [0.1, 0.15) is 0 Å². The minimum atomic E-state index is -1.67. The summed E-state index contributed by atoms with van der Waals surface area (Å²) in [5.74, 6) is 0.359. The number of hydrogen-bond donors (Lipinski definition) is 2. The van der Waals surface area contributed by atoms with Gasteiger partial charge in [-0.05, 0) is 28.5 Å². The van der Waals surface area contributed by atoms with Gasteiger partial charge < -0.3 is 14.9 Å². The summed E-state index contributed by atoms with van der Waals surface area (Å²) in [7, 11) is 0. The van der Waals surface area contributed by atoms with Crippen LogP contribution in [0.1, 0.15) is 46.5 Å². The van der Waals surface area contributed by atoms with E-state index in [1.807, 2.05) is 66.0 Å². The average molecular weight is 488 g/mol. The molecule has 4 heterocycles. The van der Waals surface area contributed by atoms with Crippen molar-refractivity contribution in [3.63, 3.8) is 0 Å². The Bertz CT molecular complexity index is 1210. The second kappa shape index (κ2) is 8.70. The number of quaternary nitrogens is 1. The van der Waals surface area contributed by atoms with Crippen molar-refractivity contribution in [3.8, 4) is 11.1 Å². The predicted octanol–water partition coefficient (Wildman–Crippen LogP) is 4.35. The molecule has 1 aliphatic carbocycles. The number of rotatable bonds is 7. The van der Waals surface area contributed by atoms with Gasteiger partial charge in [-0.1, -0.05) is 54.6 Å². The Kier molecular flexibility index (Phi) is 5.63. The van der Waals surface area contributed by atoms with Crippen molar-refractivity contribution >= 4 is 23.0 Å². The number of benzene rings is 2. The molecule has 180 valence electrons. The molecule has 1 amide bonds. The van der Waals surface area contributed by atoms with E-state index in [-0.39, 0.29) is 17.7 Å². The van der Waals surface area contributed by atoms with Crippen molar-refractivity contribution in [2.24, 2.45) is 5.92 Å². The van der Waals surface area contributed by atoms with Gasteiger partial charge in [0.05, 0.1) is 37.1 Å². The number of nitrogens with zero attached hydrogens (tertiary/aromatic N) is 1. The maximum Gasteiger partial charge on any atom is 0.261 e. The van der Waals surface area contributed by atoms with E-state index in [2.05, 4.69) is 5.32 Å². The van der Waals surface area contributed by atoms with E-state index in [4.69, 9.17) is 0 Å². The largest absolute Gasteiger partial charge is 0.372 e. The number of piperidine rings is 3. The fourth-order valence-corrected chi connectivity index (χ4v) is 7.32. The van der Waals surface area contributed by atoms with Gasteiger partial charge in [-0.3, -0.25) is 9.59 Å². The quantitative estimate of drug-likeness (QED) is 0.385. The van der Waals surface area contributed by atoms with Gasteiger partial charge in [-0.25, -0.2) is 0 Å². The number of nitrogens with one attached hydrogen (secondary N) is 1. The molecule has 0 radical (unpaired) electrons. The van der Waals surface area contributed by atoms with E-state index in [9.17, 15) is 14.7 Å². The molecule has 1 aromatic heterocycles. The first-order valence-electron chi connectivity index (χ1n) is 12.6. The summed E-state index contributed by atoms with van der Waals surface area (Å²) in [6, 6.07) is 19.2. The molecule has 1 atom stereocenters. The molecule has 3 saturated heterocycles. The number of amides is 1. The topological polar surface area (TPSA) is 66.4 Å². The van der Waals surface area contributed by atoms with Crippen LogP contribution in [-0.4, -0.2) is 53.5 Å². The summed E-state index contributed by atoms with van der Waals surface area (Å²) in [6.45, 7) is 4.06. The standard InChI is InChI=1S/C29H30N2O3S/c32-26(27-12-6-18-35-27)11-5-15-31-16-13-20(14-17-31)25(19-31)30-28(33)29(34)23-9-3-1-7-21(23)22-8-2-4-10-24(22)29/h1-4,6-10,12,18,20,25,34H,5,11,13-17,19H2/p+1/t20?,25-,31?/m0/s1. The first-order chi connectivity index (χ1) is 17.0. The van der Waals surface area contributed by atoms with Crippen LogP contribution in [0.4, 0.5) is 0 Å². The summed E-state index contributed by atoms with van der Waals surface area (Å²) >= 11 is 1.51. The van der Waals surface area contributed by atoms with Crippen molar-refractivity contribution in [1.82, 2.24) is 5.32 Å². The number of Topliss-reactive ketones (excluding diaryl/α,β-unsaturated/α-hetero) is 1. The zero-order valence-electron chi connectivity index (χ0n) is 19.8. The third-order valence-corrected chi connectivity index (χ3v) is 9.41. The molecule has 2 aromatic carbocycles. The van der Waals surface area contributed by atoms with Crippen LogP contribution in [0.15, 0.2) is 66.0 Å². The lowest BCUT2D eigenvalue weighted by Gasteiger charge is -2.53. The third-order valence-electron chi connectivity index (χ3n) is 8.50. The predicted molar refractivity (Wildman–Crippen MR) is 137 cm³/mol. The van der Waals surface area contributed by atoms with Gasteiger partial charge in [0.15, 0.2) is 11.4 Å². The molecule has 2 bridgehead atoms. The minimum Gasteiger partial charge on any atom is -0.372 e. The van der Waals surface area contributed by atoms with Crippen LogP contribution < -0.4 is 5.32 Å². The Labute approximate surface area is 210 Å². The Morgan fingerprint density at radius 1 is 0.971 bits per heavy atom. The van der Waals surface area contributed by atoms with Crippen LogP contribution in [0.5, 0.6) is 0 Å². The molecule has 5 nitrogen and oxygen atoms in total. The lowest BCUT2D eigenvalue weighted by atomic mass is 9.80. The highest BCUT2D eigenvalue weighted by molar-refractivity contribution is 7.12. The molecule has 7 rings (SSSR count). The SMILES string of the molecule is O=C(CCC[N+]12CCC(CC1)[C@@H](NC(=O)C1(O)c3ccccc3-c3ccccc31)C2)c1cccs1. The minimum absolute atomic E-state index is 0.0435. The van der Waals surface area contributed by atoms with Gasteiger partial charge in [0, 0.05) is 36.8 Å². The molecule has 2 N–H and O–H groups in total. The van der Waals surface area contributed by atoms with Gasteiger partial charge >= 0.3 is 0 Å². The van der Waals surface area contributed by atoms with Gasteiger partial charge in [0.2, 0.25) is 0 Å². The molecule has 0 spiro atoms. The Morgan fingerprint density at radius 2 is 1.63 bits per heavy atom. The third kappa shape index (κ3) is 3.75. The summed E-state index contributed by atoms with van der Waals surface area (Å²) in [4.78, 5) is 27.1.